The van der Waals surface area contributed by atoms with Crippen molar-refractivity contribution in [1.82, 2.24) is 5.32 Å². The van der Waals surface area contributed by atoms with Gasteiger partial charge in [-0.1, -0.05) is 30.3 Å². The van der Waals surface area contributed by atoms with E-state index < -0.39 is 0 Å². The van der Waals surface area contributed by atoms with Crippen LogP contribution in [0.4, 0.5) is 0 Å². The molecule has 0 unspecified atom stereocenters. The van der Waals surface area contributed by atoms with E-state index in [2.05, 4.69) is 35.3 Å². The third-order valence-electron chi connectivity index (χ3n) is 3.53. The van der Waals surface area contributed by atoms with Gasteiger partial charge in [-0.3, -0.25) is 4.79 Å². The van der Waals surface area contributed by atoms with E-state index in [9.17, 15) is 4.79 Å². The molecule has 0 fully saturated rings. The Balaban J connectivity index is 2.19. The van der Waals surface area contributed by atoms with Crippen LogP contribution in [0.3, 0.4) is 0 Å². The molecule has 0 heterocycles. The summed E-state index contributed by atoms with van der Waals surface area (Å²) in [7, 11) is 5.75. The first kappa shape index (κ1) is 17.5. The van der Waals surface area contributed by atoms with Crippen LogP contribution >= 0.6 is 15.9 Å². The fourth-order valence-corrected chi connectivity index (χ4v) is 2.94. The molecule has 0 aromatic heterocycles. The van der Waals surface area contributed by atoms with Crippen LogP contribution in [0.2, 0.25) is 0 Å². The minimum absolute atomic E-state index is 0.0328. The van der Waals surface area contributed by atoms with Gasteiger partial charge in [0.2, 0.25) is 0 Å². The molecular formula is C18H22BrN2O2+. The highest BCUT2D eigenvalue weighted by molar-refractivity contribution is 9.10. The monoisotopic (exact) mass is 377 g/mol. The first-order valence-electron chi connectivity index (χ1n) is 7.49. The molecule has 0 bridgehead atoms. The second kappa shape index (κ2) is 8.13. The van der Waals surface area contributed by atoms with Crippen molar-refractivity contribution in [2.45, 2.75) is 6.04 Å². The highest BCUT2D eigenvalue weighted by Gasteiger charge is 2.19. The molecule has 2 aromatic rings. The number of hydrogen-bond donors (Lipinski definition) is 2. The van der Waals surface area contributed by atoms with Gasteiger partial charge in [-0.15, -0.1) is 0 Å². The van der Waals surface area contributed by atoms with Crippen molar-refractivity contribution < 1.29 is 14.4 Å². The normalized spacial score (nSPS) is 12.0. The zero-order chi connectivity index (χ0) is 16.8. The standard InChI is InChI=1S/C18H21BrN2O2/c1-21(2)12-16(13-7-5-4-6-8-13)20-18(22)14-9-10-17(23-3)15(19)11-14/h4-11,16H,12H2,1-3H3,(H,20,22)/p+1/t16-/m0/s1. The Morgan fingerprint density at radius 2 is 1.91 bits per heavy atom. The molecule has 2 rings (SSSR count). The zero-order valence-electron chi connectivity index (χ0n) is 13.6. The van der Waals surface area contributed by atoms with E-state index in [1.807, 2.05) is 30.3 Å². The number of amides is 1. The van der Waals surface area contributed by atoms with E-state index >= 15 is 0 Å². The maximum Gasteiger partial charge on any atom is 0.252 e. The second-order valence-electron chi connectivity index (χ2n) is 5.70. The van der Waals surface area contributed by atoms with Crippen molar-refractivity contribution in [2.24, 2.45) is 0 Å². The number of carbonyl (C=O) groups excluding carboxylic acids is 1. The first-order chi connectivity index (χ1) is 11.0. The average Bonchev–Trinajstić information content (AvgIpc) is 2.54. The van der Waals surface area contributed by atoms with Crippen LogP contribution in [0.1, 0.15) is 22.0 Å². The Hall–Kier alpha value is -1.85. The van der Waals surface area contributed by atoms with E-state index in [1.165, 1.54) is 4.90 Å². The van der Waals surface area contributed by atoms with Gasteiger partial charge in [-0.25, -0.2) is 0 Å². The molecule has 0 spiro atoms. The Morgan fingerprint density at radius 1 is 1.22 bits per heavy atom. The van der Waals surface area contributed by atoms with Crippen LogP contribution in [0.5, 0.6) is 5.75 Å². The number of ether oxygens (including phenoxy) is 1. The minimum atomic E-state index is -0.0940. The minimum Gasteiger partial charge on any atom is -0.496 e. The number of likely N-dealkylation sites (N-methyl/N-ethyl adjacent to an activating group) is 1. The molecule has 0 saturated heterocycles. The van der Waals surface area contributed by atoms with E-state index in [0.29, 0.717) is 11.3 Å². The van der Waals surface area contributed by atoms with E-state index in [0.717, 1.165) is 16.6 Å². The number of halogens is 1. The Bertz CT molecular complexity index is 659. The molecule has 0 aliphatic rings. The van der Waals surface area contributed by atoms with E-state index in [1.54, 1.807) is 25.3 Å². The fraction of sp³-hybridized carbons (Fsp3) is 0.278. The smallest absolute Gasteiger partial charge is 0.252 e. The van der Waals surface area contributed by atoms with Gasteiger partial charge in [0.15, 0.2) is 0 Å². The first-order valence-corrected chi connectivity index (χ1v) is 8.29. The number of quaternary nitrogens is 1. The van der Waals surface area contributed by atoms with Gasteiger partial charge in [0.05, 0.1) is 25.7 Å². The average molecular weight is 378 g/mol. The van der Waals surface area contributed by atoms with Crippen LogP contribution in [-0.4, -0.2) is 33.7 Å². The van der Waals surface area contributed by atoms with Crippen molar-refractivity contribution in [3.8, 4) is 5.75 Å². The molecule has 1 atom stereocenters. The zero-order valence-corrected chi connectivity index (χ0v) is 15.2. The Labute approximate surface area is 145 Å². The Morgan fingerprint density at radius 3 is 2.48 bits per heavy atom. The van der Waals surface area contributed by atoms with Gasteiger partial charge >= 0.3 is 0 Å². The molecule has 1 amide bonds. The van der Waals surface area contributed by atoms with E-state index in [4.69, 9.17) is 4.74 Å². The van der Waals surface area contributed by atoms with Gasteiger partial charge in [0.25, 0.3) is 5.91 Å². The summed E-state index contributed by atoms with van der Waals surface area (Å²) < 4.78 is 5.97. The third-order valence-corrected chi connectivity index (χ3v) is 4.15. The summed E-state index contributed by atoms with van der Waals surface area (Å²) in [5, 5.41) is 3.12. The summed E-state index contributed by atoms with van der Waals surface area (Å²) in [5.74, 6) is 0.613. The molecule has 4 nitrogen and oxygen atoms in total. The third kappa shape index (κ3) is 4.81. The number of methoxy groups -OCH3 is 1. The van der Waals surface area contributed by atoms with Crippen molar-refractivity contribution in [2.75, 3.05) is 27.7 Å². The molecule has 0 aliphatic heterocycles. The highest BCUT2D eigenvalue weighted by atomic mass is 79.9. The van der Waals surface area contributed by atoms with Gasteiger partial charge in [-0.05, 0) is 39.7 Å². The van der Waals surface area contributed by atoms with Gasteiger partial charge in [0, 0.05) is 5.56 Å². The molecule has 0 saturated carbocycles. The molecule has 122 valence electrons. The second-order valence-corrected chi connectivity index (χ2v) is 6.55. The number of benzene rings is 2. The molecule has 0 aliphatic carbocycles. The summed E-state index contributed by atoms with van der Waals surface area (Å²) in [4.78, 5) is 13.9. The summed E-state index contributed by atoms with van der Waals surface area (Å²) >= 11 is 3.42. The molecule has 5 heteroatoms. The molecular weight excluding hydrogens is 356 g/mol. The number of hydrogen-bond acceptors (Lipinski definition) is 2. The fourth-order valence-electron chi connectivity index (χ4n) is 2.40. The topological polar surface area (TPSA) is 42.8 Å². The molecule has 2 N–H and O–H groups in total. The lowest BCUT2D eigenvalue weighted by atomic mass is 10.1. The summed E-state index contributed by atoms with van der Waals surface area (Å²) in [6.07, 6.45) is 0. The van der Waals surface area contributed by atoms with Gasteiger partial charge in [-0.2, -0.15) is 0 Å². The quantitative estimate of drug-likeness (QED) is 0.809. The van der Waals surface area contributed by atoms with Crippen LogP contribution < -0.4 is 15.0 Å². The van der Waals surface area contributed by atoms with Gasteiger partial charge < -0.3 is 15.0 Å². The summed E-state index contributed by atoms with van der Waals surface area (Å²) in [5.41, 5.74) is 1.71. The number of nitrogens with one attached hydrogen (secondary N) is 2. The van der Waals surface area contributed by atoms with Crippen LogP contribution in [0, 0.1) is 0 Å². The maximum atomic E-state index is 12.6. The number of carbonyl (C=O) groups is 1. The Kier molecular flexibility index (Phi) is 6.19. The van der Waals surface area contributed by atoms with E-state index in [-0.39, 0.29) is 11.9 Å². The largest absolute Gasteiger partial charge is 0.496 e. The summed E-state index contributed by atoms with van der Waals surface area (Å²) in [6.45, 7) is 0.813. The molecule has 23 heavy (non-hydrogen) atoms. The lowest BCUT2D eigenvalue weighted by molar-refractivity contribution is -0.860. The van der Waals surface area contributed by atoms with Crippen molar-refractivity contribution in [3.05, 3.63) is 64.1 Å². The van der Waals surface area contributed by atoms with Crippen LogP contribution in [-0.2, 0) is 0 Å². The SMILES string of the molecule is COc1ccc(C(=O)N[C@@H](C[NH+](C)C)c2ccccc2)cc1Br. The maximum absolute atomic E-state index is 12.6. The van der Waals surface area contributed by atoms with Crippen molar-refractivity contribution in [1.29, 1.82) is 0 Å². The van der Waals surface area contributed by atoms with Crippen LogP contribution in [0.25, 0.3) is 0 Å². The number of rotatable bonds is 6. The predicted octanol–water partition coefficient (Wildman–Crippen LogP) is 2.07. The lowest BCUT2D eigenvalue weighted by Crippen LogP contribution is -3.06. The lowest BCUT2D eigenvalue weighted by Gasteiger charge is -2.21. The van der Waals surface area contributed by atoms with Crippen molar-refractivity contribution in [3.63, 3.8) is 0 Å². The predicted molar refractivity (Wildman–Crippen MR) is 95.0 cm³/mol. The summed E-state index contributed by atoms with van der Waals surface area (Å²) in [6, 6.07) is 15.3. The van der Waals surface area contributed by atoms with Gasteiger partial charge in [0.1, 0.15) is 18.3 Å². The molecule has 2 aromatic carbocycles. The van der Waals surface area contributed by atoms with Crippen molar-refractivity contribution >= 4 is 21.8 Å². The highest BCUT2D eigenvalue weighted by Crippen LogP contribution is 2.25. The van der Waals surface area contributed by atoms with Crippen LogP contribution in [0.15, 0.2) is 53.0 Å². The molecule has 0 radical (unpaired) electrons.